The summed E-state index contributed by atoms with van der Waals surface area (Å²) in [7, 11) is 1.36. The summed E-state index contributed by atoms with van der Waals surface area (Å²) >= 11 is 0. The van der Waals surface area contributed by atoms with Crippen LogP contribution >= 0.6 is 0 Å². The highest BCUT2D eigenvalue weighted by Crippen LogP contribution is 2.30. The number of benzene rings is 2. The van der Waals surface area contributed by atoms with Crippen molar-refractivity contribution in [2.24, 2.45) is 5.92 Å². The molecule has 35 heavy (non-hydrogen) atoms. The highest BCUT2D eigenvalue weighted by Gasteiger charge is 2.27. The maximum atomic E-state index is 13.8. The SMILES string of the molecule is CCCC[C@H](F)C(=O)OC1CCC(CCc2ccc(OC(=O)c3ccc(OC)c(F)c3)cc2)CC1. The molecule has 0 aliphatic heterocycles. The molecule has 190 valence electrons. The summed E-state index contributed by atoms with van der Waals surface area (Å²) in [5.41, 5.74) is 1.24. The van der Waals surface area contributed by atoms with Crippen LogP contribution in [-0.4, -0.2) is 31.3 Å². The summed E-state index contributed by atoms with van der Waals surface area (Å²) in [5, 5.41) is 0. The minimum atomic E-state index is -1.51. The van der Waals surface area contributed by atoms with Gasteiger partial charge in [0.05, 0.1) is 12.7 Å². The van der Waals surface area contributed by atoms with E-state index in [-0.39, 0.29) is 23.8 Å². The molecule has 5 nitrogen and oxygen atoms in total. The number of alkyl halides is 1. The number of aryl methyl sites for hydroxylation is 1. The molecular weight excluding hydrogens is 454 g/mol. The highest BCUT2D eigenvalue weighted by atomic mass is 19.1. The van der Waals surface area contributed by atoms with Crippen LogP contribution in [0.2, 0.25) is 0 Å². The number of hydrogen-bond donors (Lipinski definition) is 0. The second-order valence-electron chi connectivity index (χ2n) is 9.11. The van der Waals surface area contributed by atoms with Gasteiger partial charge in [-0.15, -0.1) is 0 Å². The second-order valence-corrected chi connectivity index (χ2v) is 9.11. The normalized spacial score (nSPS) is 18.5. The molecule has 0 spiro atoms. The van der Waals surface area contributed by atoms with E-state index in [1.165, 1.54) is 19.2 Å². The second kappa shape index (κ2) is 13.2. The number of carbonyl (C=O) groups is 2. The third-order valence-electron chi connectivity index (χ3n) is 6.51. The summed E-state index contributed by atoms with van der Waals surface area (Å²) in [4.78, 5) is 24.2. The molecule has 0 bridgehead atoms. The van der Waals surface area contributed by atoms with Gasteiger partial charge in [-0.25, -0.2) is 18.4 Å². The van der Waals surface area contributed by atoms with Gasteiger partial charge in [-0.2, -0.15) is 0 Å². The molecule has 1 atom stereocenters. The Balaban J connectivity index is 1.39. The molecule has 0 unspecified atom stereocenters. The predicted octanol–water partition coefficient (Wildman–Crippen LogP) is 6.62. The largest absolute Gasteiger partial charge is 0.494 e. The Kier molecular flexibility index (Phi) is 10.1. The van der Waals surface area contributed by atoms with Crippen molar-refractivity contribution in [3.05, 3.63) is 59.4 Å². The van der Waals surface area contributed by atoms with Gasteiger partial charge >= 0.3 is 11.9 Å². The summed E-state index contributed by atoms with van der Waals surface area (Å²) in [6, 6.07) is 11.2. The number of carbonyl (C=O) groups excluding carboxylic acids is 2. The monoisotopic (exact) mass is 488 g/mol. The fourth-order valence-corrected chi connectivity index (χ4v) is 4.33. The molecule has 3 rings (SSSR count). The Morgan fingerprint density at radius 1 is 1.06 bits per heavy atom. The first-order valence-electron chi connectivity index (χ1n) is 12.4. The molecule has 1 fully saturated rings. The van der Waals surface area contributed by atoms with E-state index in [1.807, 2.05) is 19.1 Å². The Labute approximate surface area is 205 Å². The Hall–Kier alpha value is -2.96. The standard InChI is InChI=1S/C28H34F2O5/c1-3-4-5-24(29)28(32)35-23-15-10-20(11-16-23)7-6-19-8-13-22(14-9-19)34-27(31)21-12-17-26(33-2)25(30)18-21/h8-9,12-14,17-18,20,23-24H,3-7,10-11,15-16H2,1-2H3/t20?,23?,24-/m0/s1. The molecule has 1 aliphatic rings. The van der Waals surface area contributed by atoms with E-state index in [0.717, 1.165) is 56.6 Å². The lowest BCUT2D eigenvalue weighted by Crippen LogP contribution is -2.29. The molecule has 0 radical (unpaired) electrons. The van der Waals surface area contributed by atoms with Gasteiger partial charge in [-0.1, -0.05) is 31.9 Å². The lowest BCUT2D eigenvalue weighted by Gasteiger charge is -2.28. The summed E-state index contributed by atoms with van der Waals surface area (Å²) in [5.74, 6) is -0.976. The van der Waals surface area contributed by atoms with Crippen molar-refractivity contribution >= 4 is 11.9 Å². The smallest absolute Gasteiger partial charge is 0.343 e. The average molecular weight is 489 g/mol. The van der Waals surface area contributed by atoms with Gasteiger partial charge in [0.25, 0.3) is 0 Å². The zero-order valence-electron chi connectivity index (χ0n) is 20.4. The molecule has 0 heterocycles. The van der Waals surface area contributed by atoms with Crippen LogP contribution in [0.25, 0.3) is 0 Å². The minimum Gasteiger partial charge on any atom is -0.494 e. The van der Waals surface area contributed by atoms with Crippen LogP contribution in [0.3, 0.4) is 0 Å². The number of unbranched alkanes of at least 4 members (excludes halogenated alkanes) is 1. The zero-order chi connectivity index (χ0) is 25.2. The van der Waals surface area contributed by atoms with Gasteiger partial charge in [-0.05, 0) is 86.8 Å². The molecule has 2 aromatic carbocycles. The third kappa shape index (κ3) is 8.05. The number of halogens is 2. The first-order chi connectivity index (χ1) is 16.9. The topological polar surface area (TPSA) is 61.8 Å². The molecule has 0 amide bonds. The Morgan fingerprint density at radius 3 is 2.40 bits per heavy atom. The molecule has 1 saturated carbocycles. The molecule has 0 aromatic heterocycles. The predicted molar refractivity (Wildman–Crippen MR) is 129 cm³/mol. The van der Waals surface area contributed by atoms with E-state index in [1.54, 1.807) is 12.1 Å². The summed E-state index contributed by atoms with van der Waals surface area (Å²) < 4.78 is 43.2. The maximum Gasteiger partial charge on any atom is 0.343 e. The maximum absolute atomic E-state index is 13.8. The number of esters is 2. The zero-order valence-corrected chi connectivity index (χ0v) is 20.4. The van der Waals surface area contributed by atoms with Crippen molar-refractivity contribution in [3.8, 4) is 11.5 Å². The van der Waals surface area contributed by atoms with Crippen molar-refractivity contribution in [2.45, 2.75) is 77.0 Å². The van der Waals surface area contributed by atoms with Gasteiger partial charge in [0.15, 0.2) is 17.7 Å². The molecule has 0 saturated heterocycles. The average Bonchev–Trinajstić information content (AvgIpc) is 2.87. The first-order valence-corrected chi connectivity index (χ1v) is 12.4. The van der Waals surface area contributed by atoms with Gasteiger partial charge in [0, 0.05) is 0 Å². The molecular formula is C28H34F2O5. The van der Waals surface area contributed by atoms with E-state index in [9.17, 15) is 18.4 Å². The Bertz CT molecular complexity index is 968. The van der Waals surface area contributed by atoms with E-state index in [0.29, 0.717) is 18.1 Å². The van der Waals surface area contributed by atoms with Gasteiger partial charge in [0.1, 0.15) is 11.9 Å². The van der Waals surface area contributed by atoms with E-state index in [4.69, 9.17) is 14.2 Å². The quantitative estimate of drug-likeness (QED) is 0.263. The molecule has 0 N–H and O–H groups in total. The van der Waals surface area contributed by atoms with Crippen LogP contribution in [0.4, 0.5) is 8.78 Å². The van der Waals surface area contributed by atoms with Crippen LogP contribution in [0, 0.1) is 11.7 Å². The Morgan fingerprint density at radius 2 is 1.77 bits per heavy atom. The third-order valence-corrected chi connectivity index (χ3v) is 6.51. The fourth-order valence-electron chi connectivity index (χ4n) is 4.33. The van der Waals surface area contributed by atoms with Gasteiger partial charge in [0.2, 0.25) is 0 Å². The van der Waals surface area contributed by atoms with Crippen molar-refractivity contribution < 1.29 is 32.6 Å². The van der Waals surface area contributed by atoms with E-state index >= 15 is 0 Å². The van der Waals surface area contributed by atoms with Crippen LogP contribution in [0.1, 0.15) is 74.2 Å². The van der Waals surface area contributed by atoms with Crippen molar-refractivity contribution in [2.75, 3.05) is 7.11 Å². The van der Waals surface area contributed by atoms with Crippen LogP contribution in [0.15, 0.2) is 42.5 Å². The highest BCUT2D eigenvalue weighted by molar-refractivity contribution is 5.91. The number of rotatable bonds is 11. The lowest BCUT2D eigenvalue weighted by molar-refractivity contribution is -0.157. The molecule has 1 aliphatic carbocycles. The van der Waals surface area contributed by atoms with Crippen molar-refractivity contribution in [3.63, 3.8) is 0 Å². The van der Waals surface area contributed by atoms with Crippen LogP contribution in [0.5, 0.6) is 11.5 Å². The number of ether oxygens (including phenoxy) is 3. The lowest BCUT2D eigenvalue weighted by atomic mass is 9.83. The first kappa shape index (κ1) is 26.6. The summed E-state index contributed by atoms with van der Waals surface area (Å²) in [6.45, 7) is 1.97. The number of hydrogen-bond acceptors (Lipinski definition) is 5. The fraction of sp³-hybridized carbons (Fsp3) is 0.500. The molecule has 2 aromatic rings. The van der Waals surface area contributed by atoms with Crippen molar-refractivity contribution in [1.82, 2.24) is 0 Å². The molecule has 7 heteroatoms. The van der Waals surface area contributed by atoms with Crippen molar-refractivity contribution in [1.29, 1.82) is 0 Å². The minimum absolute atomic E-state index is 0.0659. The van der Waals surface area contributed by atoms with Crippen LogP contribution in [-0.2, 0) is 16.0 Å². The number of methoxy groups -OCH3 is 1. The van der Waals surface area contributed by atoms with Crippen LogP contribution < -0.4 is 9.47 Å². The van der Waals surface area contributed by atoms with Gasteiger partial charge in [-0.3, -0.25) is 0 Å². The van der Waals surface area contributed by atoms with E-state index in [2.05, 4.69) is 0 Å². The van der Waals surface area contributed by atoms with Gasteiger partial charge < -0.3 is 14.2 Å². The summed E-state index contributed by atoms with van der Waals surface area (Å²) in [6.07, 6.45) is 5.46. The van der Waals surface area contributed by atoms with E-state index < -0.39 is 23.9 Å².